The highest BCUT2D eigenvalue weighted by atomic mass is 16.5. The topological polar surface area (TPSA) is 46.6 Å². The molecular formula is C14H17NO3. The Morgan fingerprint density at radius 2 is 2.11 bits per heavy atom. The lowest BCUT2D eigenvalue weighted by atomic mass is 10.1. The first kappa shape index (κ1) is 12.6. The molecule has 1 aromatic rings. The van der Waals surface area contributed by atoms with Crippen molar-refractivity contribution in [2.24, 2.45) is 0 Å². The van der Waals surface area contributed by atoms with Gasteiger partial charge in [-0.2, -0.15) is 0 Å². The lowest BCUT2D eigenvalue weighted by Gasteiger charge is -2.11. The number of fused-ring (bicyclic) bond motifs is 1. The van der Waals surface area contributed by atoms with Gasteiger partial charge in [-0.1, -0.05) is 0 Å². The van der Waals surface area contributed by atoms with Crippen LogP contribution in [0.15, 0.2) is 18.2 Å². The van der Waals surface area contributed by atoms with Crippen LogP contribution in [0.25, 0.3) is 0 Å². The minimum absolute atomic E-state index is 0.0475. The van der Waals surface area contributed by atoms with E-state index in [2.05, 4.69) is 0 Å². The van der Waals surface area contributed by atoms with E-state index < -0.39 is 0 Å². The van der Waals surface area contributed by atoms with Gasteiger partial charge in [0.2, 0.25) is 5.91 Å². The molecule has 96 valence electrons. The van der Waals surface area contributed by atoms with Gasteiger partial charge in [-0.3, -0.25) is 9.59 Å². The standard InChI is InChI=1S/C14H17NO3/c1-15(2)14(17)7-8-18-11-4-5-12-10(9-11)3-6-13(12)16/h4-5,9H,3,6-8H2,1-2H3. The number of nitrogens with zero attached hydrogens (tertiary/aromatic N) is 1. The Labute approximate surface area is 107 Å². The van der Waals surface area contributed by atoms with Gasteiger partial charge in [-0.15, -0.1) is 0 Å². The number of hydrogen-bond donors (Lipinski definition) is 0. The summed E-state index contributed by atoms with van der Waals surface area (Å²) in [6.45, 7) is 0.365. The predicted octanol–water partition coefficient (Wildman–Crippen LogP) is 1.67. The van der Waals surface area contributed by atoms with Crippen LogP contribution in [0.3, 0.4) is 0 Å². The van der Waals surface area contributed by atoms with Crippen LogP contribution in [-0.4, -0.2) is 37.3 Å². The van der Waals surface area contributed by atoms with Crippen LogP contribution in [0, 0.1) is 0 Å². The molecule has 18 heavy (non-hydrogen) atoms. The molecule has 0 saturated carbocycles. The van der Waals surface area contributed by atoms with Crippen LogP contribution >= 0.6 is 0 Å². The van der Waals surface area contributed by atoms with Gasteiger partial charge in [0.1, 0.15) is 5.75 Å². The molecule has 0 heterocycles. The second-order valence-electron chi connectivity index (χ2n) is 4.63. The van der Waals surface area contributed by atoms with E-state index in [4.69, 9.17) is 4.74 Å². The van der Waals surface area contributed by atoms with Crippen molar-refractivity contribution in [1.29, 1.82) is 0 Å². The van der Waals surface area contributed by atoms with Gasteiger partial charge >= 0.3 is 0 Å². The molecule has 0 aliphatic heterocycles. The first-order chi connectivity index (χ1) is 8.58. The maximum absolute atomic E-state index is 11.5. The van der Waals surface area contributed by atoms with Gasteiger partial charge < -0.3 is 9.64 Å². The smallest absolute Gasteiger partial charge is 0.225 e. The summed E-state index contributed by atoms with van der Waals surface area (Å²) in [5, 5.41) is 0. The van der Waals surface area contributed by atoms with E-state index >= 15 is 0 Å². The van der Waals surface area contributed by atoms with Crippen molar-refractivity contribution in [3.8, 4) is 5.75 Å². The summed E-state index contributed by atoms with van der Waals surface area (Å²) in [6, 6.07) is 5.51. The summed E-state index contributed by atoms with van der Waals surface area (Å²) in [5.74, 6) is 0.987. The monoisotopic (exact) mass is 247 g/mol. The van der Waals surface area contributed by atoms with Crippen molar-refractivity contribution in [1.82, 2.24) is 4.90 Å². The van der Waals surface area contributed by atoms with E-state index in [1.807, 2.05) is 12.1 Å². The first-order valence-electron chi connectivity index (χ1n) is 6.07. The maximum atomic E-state index is 11.5. The first-order valence-corrected chi connectivity index (χ1v) is 6.07. The van der Waals surface area contributed by atoms with Crippen LogP contribution in [0.5, 0.6) is 5.75 Å². The fraction of sp³-hybridized carbons (Fsp3) is 0.429. The maximum Gasteiger partial charge on any atom is 0.225 e. The number of carbonyl (C=O) groups excluding carboxylic acids is 2. The number of Topliss-reactive ketones (excluding diaryl/α,β-unsaturated/α-hetero) is 1. The number of hydrogen-bond acceptors (Lipinski definition) is 3. The Morgan fingerprint density at radius 1 is 1.33 bits per heavy atom. The highest BCUT2D eigenvalue weighted by Gasteiger charge is 2.19. The molecule has 2 rings (SSSR count). The third-order valence-electron chi connectivity index (χ3n) is 3.08. The number of rotatable bonds is 4. The molecule has 0 saturated heterocycles. The Morgan fingerprint density at radius 3 is 2.83 bits per heavy atom. The lowest BCUT2D eigenvalue weighted by Crippen LogP contribution is -2.23. The molecule has 0 aromatic heterocycles. The molecule has 1 amide bonds. The van der Waals surface area contributed by atoms with Crippen molar-refractivity contribution < 1.29 is 14.3 Å². The fourth-order valence-corrected chi connectivity index (χ4v) is 2.00. The zero-order chi connectivity index (χ0) is 13.1. The molecule has 0 atom stereocenters. The fourth-order valence-electron chi connectivity index (χ4n) is 2.00. The van der Waals surface area contributed by atoms with Gasteiger partial charge in [-0.05, 0) is 30.2 Å². The summed E-state index contributed by atoms with van der Waals surface area (Å²) < 4.78 is 5.53. The molecule has 1 aliphatic carbocycles. The van der Waals surface area contributed by atoms with E-state index in [1.165, 1.54) is 0 Å². The summed E-state index contributed by atoms with van der Waals surface area (Å²) in [6.07, 6.45) is 1.75. The zero-order valence-electron chi connectivity index (χ0n) is 10.7. The highest BCUT2D eigenvalue weighted by molar-refractivity contribution is 6.00. The Kier molecular flexibility index (Phi) is 3.65. The molecule has 4 nitrogen and oxygen atoms in total. The minimum Gasteiger partial charge on any atom is -0.493 e. The molecule has 4 heteroatoms. The minimum atomic E-state index is 0.0475. The molecule has 0 bridgehead atoms. The third-order valence-corrected chi connectivity index (χ3v) is 3.08. The summed E-state index contributed by atoms with van der Waals surface area (Å²) in [5.41, 5.74) is 1.86. The van der Waals surface area contributed by atoms with Crippen LogP contribution in [0.1, 0.15) is 28.8 Å². The van der Waals surface area contributed by atoms with Gasteiger partial charge in [0, 0.05) is 26.1 Å². The number of ether oxygens (including phenoxy) is 1. The molecule has 0 fully saturated rings. The van der Waals surface area contributed by atoms with E-state index in [9.17, 15) is 9.59 Å². The van der Waals surface area contributed by atoms with E-state index in [1.54, 1.807) is 25.1 Å². The van der Waals surface area contributed by atoms with Crippen LogP contribution in [0.4, 0.5) is 0 Å². The predicted molar refractivity (Wildman–Crippen MR) is 67.9 cm³/mol. The average molecular weight is 247 g/mol. The number of aryl methyl sites for hydroxylation is 1. The second kappa shape index (κ2) is 5.21. The quantitative estimate of drug-likeness (QED) is 0.813. The number of ketones is 1. The molecule has 0 unspecified atom stereocenters. The highest BCUT2D eigenvalue weighted by Crippen LogP contribution is 2.26. The molecule has 0 radical (unpaired) electrons. The Hall–Kier alpha value is -1.84. The summed E-state index contributed by atoms with van der Waals surface area (Å²) in [7, 11) is 3.45. The molecular weight excluding hydrogens is 230 g/mol. The molecule has 0 N–H and O–H groups in total. The van der Waals surface area contributed by atoms with Crippen molar-refractivity contribution in [2.45, 2.75) is 19.3 Å². The van der Waals surface area contributed by atoms with Gasteiger partial charge in [0.15, 0.2) is 5.78 Å². The number of benzene rings is 1. The molecule has 0 spiro atoms. The van der Waals surface area contributed by atoms with Crippen LogP contribution in [0.2, 0.25) is 0 Å². The van der Waals surface area contributed by atoms with Gasteiger partial charge in [-0.25, -0.2) is 0 Å². The average Bonchev–Trinajstić information content (AvgIpc) is 2.70. The zero-order valence-corrected chi connectivity index (χ0v) is 10.7. The summed E-state index contributed by atoms with van der Waals surface area (Å²) in [4.78, 5) is 24.4. The van der Waals surface area contributed by atoms with E-state index in [0.717, 1.165) is 23.3 Å². The van der Waals surface area contributed by atoms with E-state index in [0.29, 0.717) is 19.4 Å². The van der Waals surface area contributed by atoms with Crippen LogP contribution in [-0.2, 0) is 11.2 Å². The van der Waals surface area contributed by atoms with Gasteiger partial charge in [0.05, 0.1) is 13.0 Å². The number of amides is 1. The van der Waals surface area contributed by atoms with Crippen molar-refractivity contribution in [3.63, 3.8) is 0 Å². The number of carbonyl (C=O) groups is 2. The Bertz CT molecular complexity index is 480. The largest absolute Gasteiger partial charge is 0.493 e. The SMILES string of the molecule is CN(C)C(=O)CCOc1ccc2c(c1)CCC2=O. The lowest BCUT2D eigenvalue weighted by molar-refractivity contribution is -0.129. The normalized spacial score (nSPS) is 13.3. The van der Waals surface area contributed by atoms with Crippen LogP contribution < -0.4 is 4.74 Å². The molecule has 1 aromatic carbocycles. The van der Waals surface area contributed by atoms with Crippen molar-refractivity contribution in [3.05, 3.63) is 29.3 Å². The van der Waals surface area contributed by atoms with Crippen molar-refractivity contribution >= 4 is 11.7 Å². The third kappa shape index (κ3) is 2.70. The summed E-state index contributed by atoms with van der Waals surface area (Å²) >= 11 is 0. The molecule has 1 aliphatic rings. The second-order valence-corrected chi connectivity index (χ2v) is 4.63. The van der Waals surface area contributed by atoms with Gasteiger partial charge in [0.25, 0.3) is 0 Å². The van der Waals surface area contributed by atoms with Crippen molar-refractivity contribution in [2.75, 3.05) is 20.7 Å². The Balaban J connectivity index is 1.92. The van der Waals surface area contributed by atoms with E-state index in [-0.39, 0.29) is 11.7 Å².